The van der Waals surface area contributed by atoms with E-state index in [2.05, 4.69) is 42.1 Å². The molecule has 8 heteroatoms. The van der Waals surface area contributed by atoms with Crippen molar-refractivity contribution in [2.24, 2.45) is 0 Å². The highest BCUT2D eigenvalue weighted by molar-refractivity contribution is 9.10. The molecular weight excluding hydrogens is 398 g/mol. The standard InChI is InChI=1S/C11H9Br2N3O2S/c1-2-9(13)11-15-14-10(19-11)6-3-7(12)5-8(4-6)16(17)18/h3-5,9H,2H2,1H3. The molecule has 1 heterocycles. The number of aromatic nitrogens is 2. The zero-order valence-electron chi connectivity index (χ0n) is 9.84. The third kappa shape index (κ3) is 3.37. The van der Waals surface area contributed by atoms with Gasteiger partial charge in [0.1, 0.15) is 10.0 Å². The first-order valence-corrected chi connectivity index (χ1v) is 7.96. The Morgan fingerprint density at radius 2 is 2.16 bits per heavy atom. The Kier molecular flexibility index (Phi) is 4.64. The molecule has 0 saturated carbocycles. The summed E-state index contributed by atoms with van der Waals surface area (Å²) in [7, 11) is 0. The second-order valence-corrected chi connectivity index (χ2v) is 6.81. The average molecular weight is 407 g/mol. The van der Waals surface area contributed by atoms with E-state index >= 15 is 0 Å². The van der Waals surface area contributed by atoms with Gasteiger partial charge in [-0.1, -0.05) is 50.1 Å². The van der Waals surface area contributed by atoms with E-state index in [1.165, 1.54) is 23.5 Å². The summed E-state index contributed by atoms with van der Waals surface area (Å²) in [5, 5.41) is 20.6. The molecule has 0 aliphatic rings. The molecule has 0 N–H and O–H groups in total. The van der Waals surface area contributed by atoms with Crippen molar-refractivity contribution >= 4 is 48.9 Å². The third-order valence-electron chi connectivity index (χ3n) is 2.41. The van der Waals surface area contributed by atoms with Crippen LogP contribution in [0.15, 0.2) is 22.7 Å². The lowest BCUT2D eigenvalue weighted by Gasteiger charge is -1.99. The van der Waals surface area contributed by atoms with Gasteiger partial charge >= 0.3 is 0 Å². The number of nitro benzene ring substituents is 1. The summed E-state index contributed by atoms with van der Waals surface area (Å²) in [6, 6.07) is 4.77. The van der Waals surface area contributed by atoms with Crippen molar-refractivity contribution in [2.75, 3.05) is 0 Å². The van der Waals surface area contributed by atoms with Crippen molar-refractivity contribution in [3.63, 3.8) is 0 Å². The first kappa shape index (κ1) is 14.5. The van der Waals surface area contributed by atoms with Crippen LogP contribution in [0, 0.1) is 10.1 Å². The first-order valence-electron chi connectivity index (χ1n) is 5.44. The van der Waals surface area contributed by atoms with Crippen molar-refractivity contribution < 1.29 is 4.92 Å². The van der Waals surface area contributed by atoms with Gasteiger partial charge in [-0.25, -0.2) is 0 Å². The number of halogens is 2. The molecule has 0 saturated heterocycles. The Labute approximate surface area is 130 Å². The summed E-state index contributed by atoms with van der Waals surface area (Å²) in [6.45, 7) is 2.05. The number of rotatable bonds is 4. The number of alkyl halides is 1. The van der Waals surface area contributed by atoms with Gasteiger partial charge in [-0.05, 0) is 12.5 Å². The molecule has 0 bridgehead atoms. The number of hydrogen-bond donors (Lipinski definition) is 0. The third-order valence-corrected chi connectivity index (χ3v) is 5.34. The van der Waals surface area contributed by atoms with Gasteiger partial charge in [0.25, 0.3) is 5.69 Å². The van der Waals surface area contributed by atoms with Crippen LogP contribution in [-0.4, -0.2) is 15.1 Å². The fraction of sp³-hybridized carbons (Fsp3) is 0.273. The number of non-ortho nitro benzene ring substituents is 1. The zero-order chi connectivity index (χ0) is 14.0. The van der Waals surface area contributed by atoms with E-state index in [-0.39, 0.29) is 10.5 Å². The zero-order valence-corrected chi connectivity index (χ0v) is 13.8. The normalized spacial score (nSPS) is 12.4. The molecule has 0 aliphatic heterocycles. The van der Waals surface area contributed by atoms with Gasteiger partial charge in [0, 0.05) is 22.2 Å². The summed E-state index contributed by atoms with van der Waals surface area (Å²) in [6.07, 6.45) is 0.910. The smallest absolute Gasteiger partial charge is 0.258 e. The van der Waals surface area contributed by atoms with Gasteiger partial charge in [0.05, 0.1) is 9.75 Å². The van der Waals surface area contributed by atoms with Crippen LogP contribution in [0.4, 0.5) is 5.69 Å². The van der Waals surface area contributed by atoms with Crippen LogP contribution in [0.5, 0.6) is 0 Å². The molecule has 0 fully saturated rings. The van der Waals surface area contributed by atoms with E-state index in [0.29, 0.717) is 15.0 Å². The summed E-state index contributed by atoms with van der Waals surface area (Å²) in [5.74, 6) is 0. The summed E-state index contributed by atoms with van der Waals surface area (Å²) in [5.41, 5.74) is 0.729. The lowest BCUT2D eigenvalue weighted by atomic mass is 10.2. The largest absolute Gasteiger partial charge is 0.271 e. The molecule has 0 spiro atoms. The molecule has 19 heavy (non-hydrogen) atoms. The quantitative estimate of drug-likeness (QED) is 0.418. The average Bonchev–Trinajstić information content (AvgIpc) is 2.86. The maximum atomic E-state index is 10.8. The SMILES string of the molecule is CCC(Br)c1nnc(-c2cc(Br)cc([N+](=O)[O-])c2)s1. The van der Waals surface area contributed by atoms with Gasteiger partial charge in [0.15, 0.2) is 0 Å². The molecule has 2 aromatic rings. The minimum Gasteiger partial charge on any atom is -0.258 e. The number of nitro groups is 1. The predicted molar refractivity (Wildman–Crippen MR) is 81.7 cm³/mol. The molecule has 1 aromatic heterocycles. The van der Waals surface area contributed by atoms with E-state index in [9.17, 15) is 10.1 Å². The van der Waals surface area contributed by atoms with E-state index in [1.54, 1.807) is 6.07 Å². The second kappa shape index (κ2) is 6.06. The minimum absolute atomic E-state index is 0.0343. The van der Waals surface area contributed by atoms with Crippen molar-refractivity contribution in [3.05, 3.63) is 37.8 Å². The lowest BCUT2D eigenvalue weighted by Crippen LogP contribution is -1.88. The lowest BCUT2D eigenvalue weighted by molar-refractivity contribution is -0.384. The minimum atomic E-state index is -0.421. The predicted octanol–water partition coefficient (Wildman–Crippen LogP) is 4.72. The maximum Gasteiger partial charge on any atom is 0.271 e. The highest BCUT2D eigenvalue weighted by atomic mass is 79.9. The summed E-state index contributed by atoms with van der Waals surface area (Å²) >= 11 is 8.22. The Morgan fingerprint density at radius 3 is 2.79 bits per heavy atom. The molecule has 1 unspecified atom stereocenters. The van der Waals surface area contributed by atoms with Crippen LogP contribution in [0.3, 0.4) is 0 Å². The van der Waals surface area contributed by atoms with Crippen molar-refractivity contribution in [3.8, 4) is 10.6 Å². The van der Waals surface area contributed by atoms with Gasteiger partial charge in [0.2, 0.25) is 0 Å². The van der Waals surface area contributed by atoms with Crippen molar-refractivity contribution in [1.29, 1.82) is 0 Å². The maximum absolute atomic E-state index is 10.8. The topological polar surface area (TPSA) is 68.9 Å². The number of benzene rings is 1. The monoisotopic (exact) mass is 405 g/mol. The molecule has 0 aliphatic carbocycles. The van der Waals surface area contributed by atoms with Crippen LogP contribution in [0.2, 0.25) is 0 Å². The Balaban J connectivity index is 2.41. The number of nitrogens with zero attached hydrogens (tertiary/aromatic N) is 3. The Hall–Kier alpha value is -0.860. The summed E-state index contributed by atoms with van der Waals surface area (Å²) < 4.78 is 0.652. The molecule has 5 nitrogen and oxygen atoms in total. The van der Waals surface area contributed by atoms with Gasteiger partial charge in [-0.2, -0.15) is 0 Å². The first-order chi connectivity index (χ1) is 9.01. The van der Waals surface area contributed by atoms with Crippen molar-refractivity contribution in [2.45, 2.75) is 18.2 Å². The van der Waals surface area contributed by atoms with Crippen molar-refractivity contribution in [1.82, 2.24) is 10.2 Å². The van der Waals surface area contributed by atoms with Crippen LogP contribution in [-0.2, 0) is 0 Å². The second-order valence-electron chi connectivity index (χ2n) is 3.78. The van der Waals surface area contributed by atoms with Gasteiger partial charge in [-0.3, -0.25) is 10.1 Å². The van der Waals surface area contributed by atoms with Gasteiger partial charge in [-0.15, -0.1) is 10.2 Å². The fourth-order valence-electron chi connectivity index (χ4n) is 1.46. The molecule has 0 amide bonds. The van der Waals surface area contributed by atoms with E-state index in [4.69, 9.17) is 0 Å². The van der Waals surface area contributed by atoms with E-state index in [1.807, 2.05) is 6.92 Å². The molecular formula is C11H9Br2N3O2S. The molecule has 0 radical (unpaired) electrons. The number of hydrogen-bond acceptors (Lipinski definition) is 5. The highest BCUT2D eigenvalue weighted by Crippen LogP contribution is 2.34. The molecule has 100 valence electrons. The molecule has 1 atom stereocenters. The Bertz CT molecular complexity index is 618. The fourth-order valence-corrected chi connectivity index (χ4v) is 3.20. The van der Waals surface area contributed by atoms with Crippen LogP contribution < -0.4 is 0 Å². The Morgan fingerprint density at radius 1 is 1.42 bits per heavy atom. The molecule has 1 aromatic carbocycles. The van der Waals surface area contributed by atoms with Crippen LogP contribution >= 0.6 is 43.2 Å². The van der Waals surface area contributed by atoms with Crippen LogP contribution in [0.25, 0.3) is 10.6 Å². The summed E-state index contributed by atoms with van der Waals surface area (Å²) in [4.78, 5) is 10.6. The molecule has 2 rings (SSSR count). The van der Waals surface area contributed by atoms with E-state index < -0.39 is 4.92 Å². The van der Waals surface area contributed by atoms with E-state index in [0.717, 1.165) is 11.4 Å². The van der Waals surface area contributed by atoms with Gasteiger partial charge < -0.3 is 0 Å². The highest BCUT2D eigenvalue weighted by Gasteiger charge is 2.16. The van der Waals surface area contributed by atoms with Crippen LogP contribution in [0.1, 0.15) is 23.2 Å².